The van der Waals surface area contributed by atoms with E-state index >= 15 is 0 Å². The number of esters is 7. The molecule has 2 heterocycles. The summed E-state index contributed by atoms with van der Waals surface area (Å²) in [4.78, 5) is 110. The lowest BCUT2D eigenvalue weighted by atomic mass is 9.96. The van der Waals surface area contributed by atoms with Crippen LogP contribution in [0.4, 0.5) is 5.69 Å². The zero-order chi connectivity index (χ0) is 45.1. The summed E-state index contributed by atoms with van der Waals surface area (Å²) in [6.07, 6.45) is -16.6. The highest BCUT2D eigenvalue weighted by atomic mass is 16.8. The van der Waals surface area contributed by atoms with Crippen molar-refractivity contribution in [2.45, 2.75) is 110 Å². The summed E-state index contributed by atoms with van der Waals surface area (Å²) in [5.41, 5.74) is 0.107. The van der Waals surface area contributed by atoms with E-state index in [9.17, 15) is 48.5 Å². The summed E-state index contributed by atoms with van der Waals surface area (Å²) < 4.78 is 62.6. The molecule has 61 heavy (non-hydrogen) atoms. The molecule has 2 aromatic carbocycles. The van der Waals surface area contributed by atoms with Gasteiger partial charge in [-0.2, -0.15) is 0 Å². The lowest BCUT2D eigenvalue weighted by Crippen LogP contribution is -2.67. The molecule has 0 saturated carbocycles. The topological polar surface area (TPSA) is 281 Å². The van der Waals surface area contributed by atoms with Crippen LogP contribution in [0.15, 0.2) is 48.5 Å². The van der Waals surface area contributed by atoms with Gasteiger partial charge in [0, 0.05) is 71.7 Å². The first-order chi connectivity index (χ1) is 28.7. The average Bonchev–Trinajstić information content (AvgIpc) is 3.16. The van der Waals surface area contributed by atoms with Crippen LogP contribution in [-0.4, -0.2) is 127 Å². The van der Waals surface area contributed by atoms with Gasteiger partial charge in [-0.15, -0.1) is 0 Å². The Morgan fingerprint density at radius 2 is 0.885 bits per heavy atom. The average molecular weight is 862 g/mol. The van der Waals surface area contributed by atoms with Crippen molar-refractivity contribution in [1.29, 1.82) is 0 Å². The molecule has 2 fully saturated rings. The van der Waals surface area contributed by atoms with Crippen molar-refractivity contribution in [1.82, 2.24) is 0 Å². The van der Waals surface area contributed by atoms with Gasteiger partial charge < -0.3 is 52.1 Å². The molecule has 22 nitrogen and oxygen atoms in total. The quantitative estimate of drug-likeness (QED) is 0.0765. The van der Waals surface area contributed by atoms with Gasteiger partial charge in [-0.3, -0.25) is 48.5 Å². The molecule has 0 unspecified atom stereocenters. The van der Waals surface area contributed by atoms with E-state index in [4.69, 9.17) is 52.1 Å². The van der Waals surface area contributed by atoms with E-state index in [0.29, 0.717) is 0 Å². The first kappa shape index (κ1) is 47.2. The summed E-state index contributed by atoms with van der Waals surface area (Å²) in [6, 6.07) is 10.4. The van der Waals surface area contributed by atoms with E-state index in [2.05, 4.69) is 0 Å². The van der Waals surface area contributed by atoms with Crippen LogP contribution in [0.25, 0.3) is 0 Å². The predicted molar refractivity (Wildman–Crippen MR) is 197 cm³/mol. The normalized spacial score (nSPS) is 25.7. The number of rotatable bonds is 16. The van der Waals surface area contributed by atoms with Gasteiger partial charge in [0.15, 0.2) is 36.5 Å². The number of carbonyl (C=O) groups excluding carboxylic acids is 8. The number of nitro groups is 1. The molecule has 2 aliphatic heterocycles. The molecule has 0 aromatic heterocycles. The summed E-state index contributed by atoms with van der Waals surface area (Å²) in [7, 11) is 0. The standard InChI is InChI=1S/C39H43NO21/c1-18(41)51-16-29-32(53-20(3)43)34(54-21(4)44)37(57-24(7)47)39(60-29)61-33-30(17-52-19(2)42)59-38(36(56-23(6)46)35(33)55-22(5)45)58-28-14-10-26(11-15-28)31(48)25-8-12-27(13-9-25)40(49)50/h8-15,29-30,32-39H,16-17H2,1-7H3/t29-,30-,32+,33-,34+,35+,36-,37-,38-,39+/m1/s1. The minimum atomic E-state index is -1.87. The van der Waals surface area contributed by atoms with Crippen molar-refractivity contribution in [2.75, 3.05) is 13.2 Å². The van der Waals surface area contributed by atoms with Gasteiger partial charge >= 0.3 is 41.8 Å². The highest BCUT2D eigenvalue weighted by Gasteiger charge is 2.58. The minimum Gasteiger partial charge on any atom is -0.463 e. The van der Waals surface area contributed by atoms with Crippen molar-refractivity contribution >= 4 is 53.3 Å². The molecule has 2 aromatic rings. The van der Waals surface area contributed by atoms with Gasteiger partial charge in [-0.05, 0) is 36.4 Å². The van der Waals surface area contributed by atoms with Crippen molar-refractivity contribution in [3.63, 3.8) is 0 Å². The third-order valence-electron chi connectivity index (χ3n) is 8.59. The monoisotopic (exact) mass is 861 g/mol. The fourth-order valence-electron chi connectivity index (χ4n) is 6.29. The molecule has 22 heteroatoms. The number of nitrogens with zero attached hydrogens (tertiary/aromatic N) is 1. The number of nitro benzene ring substituents is 1. The van der Waals surface area contributed by atoms with Crippen LogP contribution in [0.5, 0.6) is 5.75 Å². The van der Waals surface area contributed by atoms with Crippen LogP contribution >= 0.6 is 0 Å². The maximum absolute atomic E-state index is 13.1. The summed E-state index contributed by atoms with van der Waals surface area (Å²) >= 11 is 0. The highest BCUT2D eigenvalue weighted by Crippen LogP contribution is 2.36. The van der Waals surface area contributed by atoms with Crippen molar-refractivity contribution in [3.05, 3.63) is 69.8 Å². The molecule has 2 saturated heterocycles. The molecule has 4 rings (SSSR count). The van der Waals surface area contributed by atoms with Gasteiger partial charge in [0.1, 0.15) is 37.3 Å². The van der Waals surface area contributed by atoms with Crippen LogP contribution in [0, 0.1) is 10.1 Å². The van der Waals surface area contributed by atoms with Crippen molar-refractivity contribution in [2.24, 2.45) is 0 Å². The molecule has 0 amide bonds. The fourth-order valence-corrected chi connectivity index (χ4v) is 6.29. The van der Waals surface area contributed by atoms with Gasteiger partial charge in [0.05, 0.1) is 4.92 Å². The van der Waals surface area contributed by atoms with Crippen molar-refractivity contribution in [3.8, 4) is 5.75 Å². The lowest BCUT2D eigenvalue weighted by molar-refractivity contribution is -0.384. The van der Waals surface area contributed by atoms with Gasteiger partial charge in [-0.25, -0.2) is 0 Å². The molecular weight excluding hydrogens is 818 g/mol. The molecule has 0 N–H and O–H groups in total. The van der Waals surface area contributed by atoms with Gasteiger partial charge in [-0.1, -0.05) is 0 Å². The molecule has 0 radical (unpaired) electrons. The molecule has 0 bridgehead atoms. The third kappa shape index (κ3) is 13.2. The molecule has 10 atom stereocenters. The van der Waals surface area contributed by atoms with Crippen LogP contribution in [0.2, 0.25) is 0 Å². The Bertz CT molecular complexity index is 1970. The number of hydrogen-bond donors (Lipinski definition) is 0. The van der Waals surface area contributed by atoms with E-state index in [1.165, 1.54) is 48.5 Å². The Morgan fingerprint density at radius 1 is 0.508 bits per heavy atom. The summed E-state index contributed by atoms with van der Waals surface area (Å²) in [6.45, 7) is 5.99. The number of ether oxygens (including phenoxy) is 11. The SMILES string of the molecule is CC(=O)OC[C@H]1O[C@@H](O[C@H]2[C@H](OC(C)=O)[C@@H](OC(C)=O)[C@H](Oc3ccc(C(=O)c4ccc([N+](=O)[O-])cc4)cc3)O[C@@H]2COC(C)=O)[C@H](OC(C)=O)[C@@H](OC(C)=O)[C@H]1OC(C)=O. The molecule has 0 aliphatic carbocycles. The predicted octanol–water partition coefficient (Wildman–Crippen LogP) is 1.82. The number of benzene rings is 2. The Morgan fingerprint density at radius 3 is 1.33 bits per heavy atom. The number of ketones is 1. The second kappa shape index (κ2) is 21.1. The number of non-ortho nitro benzene ring substituents is 1. The number of carbonyl (C=O) groups is 8. The highest BCUT2D eigenvalue weighted by molar-refractivity contribution is 6.09. The first-order valence-corrected chi connectivity index (χ1v) is 18.4. The van der Waals surface area contributed by atoms with E-state index < -0.39 is 127 Å². The van der Waals surface area contributed by atoms with E-state index in [-0.39, 0.29) is 22.6 Å². The smallest absolute Gasteiger partial charge is 0.303 e. The van der Waals surface area contributed by atoms with Gasteiger partial charge in [0.2, 0.25) is 12.4 Å². The Balaban J connectivity index is 1.76. The fraction of sp³-hybridized carbons (Fsp3) is 0.487. The zero-order valence-corrected chi connectivity index (χ0v) is 33.8. The maximum atomic E-state index is 13.1. The van der Waals surface area contributed by atoms with E-state index in [0.717, 1.165) is 48.5 Å². The molecular formula is C39H43NO21. The Labute approximate surface area is 347 Å². The van der Waals surface area contributed by atoms with Crippen LogP contribution in [0.3, 0.4) is 0 Å². The second-order valence-electron chi connectivity index (χ2n) is 13.4. The Kier molecular flexibility index (Phi) is 16.3. The molecule has 330 valence electrons. The first-order valence-electron chi connectivity index (χ1n) is 18.4. The Hall–Kier alpha value is -6.52. The van der Waals surface area contributed by atoms with E-state index in [1.807, 2.05) is 0 Å². The van der Waals surface area contributed by atoms with Crippen LogP contribution in [0.1, 0.15) is 64.4 Å². The van der Waals surface area contributed by atoms with Crippen molar-refractivity contribution < 1.29 is 95.4 Å². The zero-order valence-electron chi connectivity index (χ0n) is 33.8. The van der Waals surface area contributed by atoms with Crippen LogP contribution < -0.4 is 4.74 Å². The largest absolute Gasteiger partial charge is 0.463 e. The molecule has 2 aliphatic rings. The van der Waals surface area contributed by atoms with E-state index in [1.54, 1.807) is 0 Å². The number of hydrogen-bond acceptors (Lipinski definition) is 21. The molecule has 0 spiro atoms. The maximum Gasteiger partial charge on any atom is 0.303 e. The third-order valence-corrected chi connectivity index (χ3v) is 8.59. The lowest BCUT2D eigenvalue weighted by Gasteiger charge is -2.48. The minimum absolute atomic E-state index is 0.0224. The summed E-state index contributed by atoms with van der Waals surface area (Å²) in [5, 5.41) is 11.0. The van der Waals surface area contributed by atoms with Crippen LogP contribution in [-0.2, 0) is 80.9 Å². The second-order valence-corrected chi connectivity index (χ2v) is 13.4. The van der Waals surface area contributed by atoms with Gasteiger partial charge in [0.25, 0.3) is 5.69 Å². The summed E-state index contributed by atoms with van der Waals surface area (Å²) in [5.74, 6) is -6.70.